The zero-order valence-corrected chi connectivity index (χ0v) is 15.4. The van der Waals surface area contributed by atoms with Crippen molar-refractivity contribution in [2.45, 2.75) is 16.3 Å². The maximum absolute atomic E-state index is 12.2. The van der Waals surface area contributed by atoms with Crippen molar-refractivity contribution in [3.63, 3.8) is 0 Å². The summed E-state index contributed by atoms with van der Waals surface area (Å²) >= 11 is 0. The van der Waals surface area contributed by atoms with Gasteiger partial charge in [-0.2, -0.15) is 0 Å². The van der Waals surface area contributed by atoms with Gasteiger partial charge in [-0.1, -0.05) is 18.2 Å². The summed E-state index contributed by atoms with van der Waals surface area (Å²) in [4.78, 5) is 0.452. The number of nitrogens with zero attached hydrogens (tertiary/aromatic N) is 1. The fraction of sp³-hybridized carbons (Fsp3) is 0.250. The Morgan fingerprint density at radius 3 is 2.17 bits per heavy atom. The first-order chi connectivity index (χ1) is 11.1. The van der Waals surface area contributed by atoms with E-state index in [1.165, 1.54) is 20.2 Å². The van der Waals surface area contributed by atoms with E-state index in [0.717, 1.165) is 16.1 Å². The highest BCUT2D eigenvalue weighted by Gasteiger charge is 2.17. The fourth-order valence-electron chi connectivity index (χ4n) is 2.07. The van der Waals surface area contributed by atoms with Gasteiger partial charge in [0, 0.05) is 32.6 Å². The summed E-state index contributed by atoms with van der Waals surface area (Å²) in [6.07, 6.45) is 1.15. The smallest absolute Gasteiger partial charge is 0.242 e. The summed E-state index contributed by atoms with van der Waals surface area (Å²) in [5.74, 6) is 0. The molecule has 2 aromatic rings. The second-order valence-corrected chi connectivity index (χ2v) is 9.76. The van der Waals surface area contributed by atoms with Crippen molar-refractivity contribution in [1.82, 2.24) is 4.31 Å². The van der Waals surface area contributed by atoms with Gasteiger partial charge < -0.3 is 5.32 Å². The lowest BCUT2D eigenvalue weighted by molar-refractivity contribution is 0.520. The Hall–Kier alpha value is -1.90. The Morgan fingerprint density at radius 1 is 0.917 bits per heavy atom. The van der Waals surface area contributed by atoms with Gasteiger partial charge in [0.15, 0.2) is 9.84 Å². The van der Waals surface area contributed by atoms with E-state index >= 15 is 0 Å². The predicted octanol–water partition coefficient (Wildman–Crippen LogP) is 1.95. The van der Waals surface area contributed by atoms with Crippen LogP contribution in [0.4, 0.5) is 5.69 Å². The first-order valence-electron chi connectivity index (χ1n) is 7.16. The Morgan fingerprint density at radius 2 is 1.54 bits per heavy atom. The molecule has 0 saturated carbocycles. The minimum atomic E-state index is -3.48. The van der Waals surface area contributed by atoms with E-state index in [4.69, 9.17) is 0 Å². The SMILES string of the molecule is CN(C)S(=O)(=O)c1cccc(CNc2cccc(S(C)(=O)=O)c2)c1. The third kappa shape index (κ3) is 4.34. The van der Waals surface area contributed by atoms with E-state index in [0.29, 0.717) is 12.2 Å². The molecular formula is C16H20N2O4S2. The van der Waals surface area contributed by atoms with Crippen molar-refractivity contribution in [2.75, 3.05) is 25.7 Å². The molecule has 0 unspecified atom stereocenters. The van der Waals surface area contributed by atoms with Crippen LogP contribution in [0.1, 0.15) is 5.56 Å². The van der Waals surface area contributed by atoms with E-state index in [1.807, 2.05) is 6.07 Å². The Balaban J connectivity index is 2.19. The normalized spacial score (nSPS) is 12.3. The number of hydrogen-bond acceptors (Lipinski definition) is 5. The highest BCUT2D eigenvalue weighted by atomic mass is 32.2. The van der Waals surface area contributed by atoms with Crippen molar-refractivity contribution >= 4 is 25.5 Å². The van der Waals surface area contributed by atoms with Crippen LogP contribution in [0.3, 0.4) is 0 Å². The third-order valence-electron chi connectivity index (χ3n) is 3.44. The topological polar surface area (TPSA) is 83.6 Å². The van der Waals surface area contributed by atoms with Crippen molar-refractivity contribution in [2.24, 2.45) is 0 Å². The molecule has 6 nitrogen and oxygen atoms in total. The lowest BCUT2D eigenvalue weighted by Crippen LogP contribution is -2.22. The number of anilines is 1. The number of sulfone groups is 1. The van der Waals surface area contributed by atoms with Gasteiger partial charge in [-0.25, -0.2) is 21.1 Å². The largest absolute Gasteiger partial charge is 0.381 e. The van der Waals surface area contributed by atoms with Gasteiger partial charge in [-0.05, 0) is 35.9 Å². The van der Waals surface area contributed by atoms with E-state index in [2.05, 4.69) is 5.32 Å². The van der Waals surface area contributed by atoms with Crippen molar-refractivity contribution in [1.29, 1.82) is 0 Å². The Bertz CT molecular complexity index is 936. The molecule has 0 bridgehead atoms. The summed E-state index contributed by atoms with van der Waals surface area (Å²) in [5, 5.41) is 3.11. The molecule has 0 aliphatic rings. The fourth-order valence-corrected chi connectivity index (χ4v) is 3.71. The Labute approximate surface area is 143 Å². The molecule has 0 amide bonds. The molecule has 1 N–H and O–H groups in total. The van der Waals surface area contributed by atoms with E-state index in [-0.39, 0.29) is 9.79 Å². The molecule has 0 aliphatic heterocycles. The predicted molar refractivity (Wildman–Crippen MR) is 94.2 cm³/mol. The van der Waals surface area contributed by atoms with Crippen molar-refractivity contribution < 1.29 is 16.8 Å². The highest BCUT2D eigenvalue weighted by Crippen LogP contribution is 2.18. The molecule has 0 radical (unpaired) electrons. The first-order valence-corrected chi connectivity index (χ1v) is 10.5. The van der Waals surface area contributed by atoms with E-state index in [9.17, 15) is 16.8 Å². The van der Waals surface area contributed by atoms with Gasteiger partial charge in [0.2, 0.25) is 10.0 Å². The second kappa shape index (κ2) is 6.92. The highest BCUT2D eigenvalue weighted by molar-refractivity contribution is 7.90. The average molecular weight is 368 g/mol. The monoisotopic (exact) mass is 368 g/mol. The van der Waals surface area contributed by atoms with Gasteiger partial charge in [-0.3, -0.25) is 0 Å². The van der Waals surface area contributed by atoms with Gasteiger partial charge in [-0.15, -0.1) is 0 Å². The summed E-state index contributed by atoms with van der Waals surface area (Å²) in [6.45, 7) is 0.379. The summed E-state index contributed by atoms with van der Waals surface area (Å²) in [7, 11) is -3.78. The lowest BCUT2D eigenvalue weighted by atomic mass is 10.2. The molecule has 8 heteroatoms. The maximum atomic E-state index is 12.2. The quantitative estimate of drug-likeness (QED) is 0.843. The van der Waals surface area contributed by atoms with Crippen LogP contribution < -0.4 is 5.32 Å². The van der Waals surface area contributed by atoms with Crippen LogP contribution in [0.25, 0.3) is 0 Å². The Kier molecular flexibility index (Phi) is 5.32. The molecule has 0 fully saturated rings. The molecule has 130 valence electrons. The molecule has 0 atom stereocenters. The number of benzene rings is 2. The van der Waals surface area contributed by atoms with E-state index in [1.54, 1.807) is 36.4 Å². The number of rotatable bonds is 6. The van der Waals surface area contributed by atoms with Crippen LogP contribution in [0, 0.1) is 0 Å². The van der Waals surface area contributed by atoms with Gasteiger partial charge in [0.25, 0.3) is 0 Å². The van der Waals surface area contributed by atoms with Gasteiger partial charge >= 0.3 is 0 Å². The number of sulfonamides is 1. The first kappa shape index (κ1) is 18.4. The maximum Gasteiger partial charge on any atom is 0.242 e. The molecular weight excluding hydrogens is 348 g/mol. The molecule has 2 rings (SSSR count). The second-order valence-electron chi connectivity index (χ2n) is 5.59. The summed E-state index contributed by atoms with van der Waals surface area (Å²) in [5.41, 5.74) is 1.43. The third-order valence-corrected chi connectivity index (χ3v) is 6.36. The van der Waals surface area contributed by atoms with Crippen molar-refractivity contribution in [3.05, 3.63) is 54.1 Å². The zero-order valence-electron chi connectivity index (χ0n) is 13.7. The lowest BCUT2D eigenvalue weighted by Gasteiger charge is -2.13. The zero-order chi connectivity index (χ0) is 18.0. The van der Waals surface area contributed by atoms with Crippen molar-refractivity contribution in [3.8, 4) is 0 Å². The standard InChI is InChI=1S/C16H20N2O4S2/c1-18(2)24(21,22)16-9-4-6-13(10-16)12-17-14-7-5-8-15(11-14)23(3,19)20/h4-11,17H,12H2,1-3H3. The molecule has 0 aliphatic carbocycles. The van der Waals surface area contributed by atoms with Crippen LogP contribution in [-0.2, 0) is 26.4 Å². The molecule has 24 heavy (non-hydrogen) atoms. The van der Waals surface area contributed by atoms with E-state index < -0.39 is 19.9 Å². The molecule has 0 saturated heterocycles. The van der Waals surface area contributed by atoms with Crippen LogP contribution in [0.5, 0.6) is 0 Å². The van der Waals surface area contributed by atoms with Crippen LogP contribution in [-0.4, -0.2) is 41.5 Å². The van der Waals surface area contributed by atoms with Gasteiger partial charge in [0.1, 0.15) is 0 Å². The molecule has 2 aromatic carbocycles. The minimum Gasteiger partial charge on any atom is -0.381 e. The molecule has 0 heterocycles. The van der Waals surface area contributed by atoms with Crippen LogP contribution in [0.15, 0.2) is 58.3 Å². The average Bonchev–Trinajstić information content (AvgIpc) is 2.52. The minimum absolute atomic E-state index is 0.219. The summed E-state index contributed by atoms with van der Waals surface area (Å²) in [6, 6.07) is 13.1. The molecule has 0 spiro atoms. The van der Waals surface area contributed by atoms with Crippen LogP contribution in [0.2, 0.25) is 0 Å². The van der Waals surface area contributed by atoms with Gasteiger partial charge in [0.05, 0.1) is 9.79 Å². The van der Waals surface area contributed by atoms with Crippen LogP contribution >= 0.6 is 0 Å². The molecule has 0 aromatic heterocycles. The summed E-state index contributed by atoms with van der Waals surface area (Å²) < 4.78 is 48.6. The number of nitrogens with one attached hydrogen (secondary N) is 1. The number of hydrogen-bond donors (Lipinski definition) is 1.